The molecule has 18 heavy (non-hydrogen) atoms. The van der Waals surface area contributed by atoms with Crippen molar-refractivity contribution in [3.05, 3.63) is 0 Å². The van der Waals surface area contributed by atoms with E-state index in [0.717, 1.165) is 24.3 Å². The lowest BCUT2D eigenvalue weighted by Crippen LogP contribution is -2.28. The van der Waals surface area contributed by atoms with Gasteiger partial charge in [-0.2, -0.15) is 0 Å². The molecule has 1 saturated carbocycles. The molecule has 3 unspecified atom stereocenters. The molecule has 2 rings (SSSR count). The van der Waals surface area contributed by atoms with Crippen LogP contribution >= 0.6 is 11.8 Å². The Bertz CT molecular complexity index is 288. The summed E-state index contributed by atoms with van der Waals surface area (Å²) in [5.74, 6) is 3.74. The summed E-state index contributed by atoms with van der Waals surface area (Å²) in [5, 5.41) is 4.79. The third kappa shape index (κ3) is 4.49. The first-order valence-electron chi connectivity index (χ1n) is 7.57. The van der Waals surface area contributed by atoms with Crippen LogP contribution in [-0.2, 0) is 0 Å². The number of thioether (sulfide) groups is 1. The molecule has 0 bridgehead atoms. The molecule has 3 heteroatoms. The van der Waals surface area contributed by atoms with E-state index in [1.165, 1.54) is 43.0 Å². The standard InChI is InChI=1S/C15H28N2S/c1-11(2)7-14-10-18-15(17-14)16-9-13-6-4-5-12(3)8-13/h11-14H,4-10H2,1-3H3,(H,16,17). The van der Waals surface area contributed by atoms with Crippen LogP contribution in [0.2, 0.25) is 0 Å². The summed E-state index contributed by atoms with van der Waals surface area (Å²) in [5.41, 5.74) is 0. The van der Waals surface area contributed by atoms with Crippen molar-refractivity contribution in [2.45, 2.75) is 58.9 Å². The first kappa shape index (κ1) is 14.2. The fourth-order valence-electron chi connectivity index (χ4n) is 3.16. The van der Waals surface area contributed by atoms with Gasteiger partial charge in [0.25, 0.3) is 0 Å². The predicted octanol–water partition coefficient (Wildman–Crippen LogP) is 3.92. The number of aliphatic imine (C=N–C) groups is 1. The van der Waals surface area contributed by atoms with E-state index in [1.54, 1.807) is 0 Å². The fraction of sp³-hybridized carbons (Fsp3) is 0.933. The summed E-state index contributed by atoms with van der Waals surface area (Å²) in [6.07, 6.45) is 6.88. The van der Waals surface area contributed by atoms with Crippen molar-refractivity contribution >= 4 is 16.9 Å². The van der Waals surface area contributed by atoms with Crippen molar-refractivity contribution in [2.24, 2.45) is 22.7 Å². The zero-order valence-corrected chi connectivity index (χ0v) is 12.9. The number of amidine groups is 1. The molecule has 0 spiro atoms. The first-order chi connectivity index (χ1) is 8.63. The minimum Gasteiger partial charge on any atom is -0.361 e. The second-order valence-electron chi connectivity index (χ2n) is 6.57. The minimum absolute atomic E-state index is 0.652. The first-order valence-corrected chi connectivity index (χ1v) is 8.55. The van der Waals surface area contributed by atoms with Gasteiger partial charge in [-0.05, 0) is 37.0 Å². The molecule has 0 aromatic heterocycles. The summed E-state index contributed by atoms with van der Waals surface area (Å²) in [4.78, 5) is 4.81. The van der Waals surface area contributed by atoms with Crippen molar-refractivity contribution in [1.82, 2.24) is 5.32 Å². The molecule has 2 fully saturated rings. The number of nitrogens with one attached hydrogen (secondary N) is 1. The van der Waals surface area contributed by atoms with Crippen LogP contribution in [0.25, 0.3) is 0 Å². The van der Waals surface area contributed by atoms with Crippen molar-refractivity contribution < 1.29 is 0 Å². The maximum Gasteiger partial charge on any atom is 0.156 e. The molecule has 2 nitrogen and oxygen atoms in total. The SMILES string of the molecule is CC(C)CC1CSC(=NCC2CCCC(C)C2)N1. The maximum atomic E-state index is 4.81. The maximum absolute atomic E-state index is 4.81. The summed E-state index contributed by atoms with van der Waals surface area (Å²) >= 11 is 1.92. The third-order valence-electron chi connectivity index (χ3n) is 4.04. The number of nitrogens with zero attached hydrogens (tertiary/aromatic N) is 1. The Morgan fingerprint density at radius 3 is 2.94 bits per heavy atom. The van der Waals surface area contributed by atoms with Crippen LogP contribution in [0.5, 0.6) is 0 Å². The van der Waals surface area contributed by atoms with Crippen molar-refractivity contribution in [1.29, 1.82) is 0 Å². The summed E-state index contributed by atoms with van der Waals surface area (Å²) in [6, 6.07) is 0.652. The summed E-state index contributed by atoms with van der Waals surface area (Å²) in [7, 11) is 0. The molecule has 1 saturated heterocycles. The lowest BCUT2D eigenvalue weighted by atomic mass is 9.82. The van der Waals surface area contributed by atoms with Crippen LogP contribution in [0.1, 0.15) is 52.9 Å². The molecule has 2 aliphatic rings. The Balaban J connectivity index is 1.73. The number of hydrogen-bond acceptors (Lipinski definition) is 2. The molecule has 1 N–H and O–H groups in total. The monoisotopic (exact) mass is 268 g/mol. The molecule has 1 heterocycles. The van der Waals surface area contributed by atoms with Gasteiger partial charge >= 0.3 is 0 Å². The van der Waals surface area contributed by atoms with Crippen molar-refractivity contribution in [3.8, 4) is 0 Å². The predicted molar refractivity (Wildman–Crippen MR) is 82.3 cm³/mol. The highest BCUT2D eigenvalue weighted by atomic mass is 32.2. The van der Waals surface area contributed by atoms with Crippen LogP contribution in [-0.4, -0.2) is 23.5 Å². The van der Waals surface area contributed by atoms with E-state index in [-0.39, 0.29) is 0 Å². The Morgan fingerprint density at radius 1 is 1.39 bits per heavy atom. The largest absolute Gasteiger partial charge is 0.361 e. The van der Waals surface area contributed by atoms with Crippen LogP contribution in [0.3, 0.4) is 0 Å². The van der Waals surface area contributed by atoms with Gasteiger partial charge in [-0.15, -0.1) is 0 Å². The highest BCUT2D eigenvalue weighted by Crippen LogP contribution is 2.29. The van der Waals surface area contributed by atoms with Crippen molar-refractivity contribution in [2.75, 3.05) is 12.3 Å². The van der Waals surface area contributed by atoms with Gasteiger partial charge in [0.15, 0.2) is 5.17 Å². The Labute approximate surface area is 116 Å². The highest BCUT2D eigenvalue weighted by Gasteiger charge is 2.22. The second-order valence-corrected chi connectivity index (χ2v) is 7.57. The normalized spacial score (nSPS) is 35.1. The van der Waals surface area contributed by atoms with E-state index in [1.807, 2.05) is 11.8 Å². The third-order valence-corrected chi connectivity index (χ3v) is 5.13. The Morgan fingerprint density at radius 2 is 2.22 bits per heavy atom. The van der Waals surface area contributed by atoms with Crippen LogP contribution in [0, 0.1) is 17.8 Å². The van der Waals surface area contributed by atoms with Crippen molar-refractivity contribution in [3.63, 3.8) is 0 Å². The van der Waals surface area contributed by atoms with Gasteiger partial charge in [0.2, 0.25) is 0 Å². The number of rotatable bonds is 4. The van der Waals surface area contributed by atoms with Gasteiger partial charge in [-0.25, -0.2) is 0 Å². The zero-order valence-electron chi connectivity index (χ0n) is 12.1. The Hall–Kier alpha value is -0.180. The second kappa shape index (κ2) is 6.83. The van der Waals surface area contributed by atoms with E-state index in [4.69, 9.17) is 4.99 Å². The Kier molecular flexibility index (Phi) is 5.40. The van der Waals surface area contributed by atoms with E-state index in [9.17, 15) is 0 Å². The molecule has 1 aliphatic carbocycles. The molecule has 104 valence electrons. The van der Waals surface area contributed by atoms with Crippen LogP contribution in [0.4, 0.5) is 0 Å². The molecule has 0 aromatic rings. The lowest BCUT2D eigenvalue weighted by Gasteiger charge is -2.25. The zero-order chi connectivity index (χ0) is 13.0. The molecular formula is C15H28N2S. The van der Waals surface area contributed by atoms with Gasteiger partial charge in [0.05, 0.1) is 0 Å². The van der Waals surface area contributed by atoms with Gasteiger partial charge in [0, 0.05) is 18.3 Å². The van der Waals surface area contributed by atoms with E-state index >= 15 is 0 Å². The molecule has 0 amide bonds. The van der Waals surface area contributed by atoms with E-state index < -0.39 is 0 Å². The van der Waals surface area contributed by atoms with Gasteiger partial charge in [-0.3, -0.25) is 4.99 Å². The lowest BCUT2D eigenvalue weighted by molar-refractivity contribution is 0.289. The quantitative estimate of drug-likeness (QED) is 0.835. The number of hydrogen-bond donors (Lipinski definition) is 1. The van der Waals surface area contributed by atoms with Gasteiger partial charge in [-0.1, -0.05) is 45.4 Å². The van der Waals surface area contributed by atoms with E-state index in [2.05, 4.69) is 26.1 Å². The van der Waals surface area contributed by atoms with Crippen LogP contribution < -0.4 is 5.32 Å². The molecule has 0 aromatic carbocycles. The average molecular weight is 268 g/mol. The van der Waals surface area contributed by atoms with Crippen LogP contribution in [0.15, 0.2) is 4.99 Å². The average Bonchev–Trinajstić information content (AvgIpc) is 2.73. The van der Waals surface area contributed by atoms with Gasteiger partial charge < -0.3 is 5.32 Å². The molecule has 1 aliphatic heterocycles. The van der Waals surface area contributed by atoms with E-state index in [0.29, 0.717) is 6.04 Å². The fourth-order valence-corrected chi connectivity index (χ4v) is 4.16. The smallest absolute Gasteiger partial charge is 0.156 e. The highest BCUT2D eigenvalue weighted by molar-refractivity contribution is 8.14. The summed E-state index contributed by atoms with van der Waals surface area (Å²) < 4.78 is 0. The topological polar surface area (TPSA) is 24.4 Å². The molecule has 0 radical (unpaired) electrons. The molecule has 3 atom stereocenters. The minimum atomic E-state index is 0.652. The van der Waals surface area contributed by atoms with Gasteiger partial charge in [0.1, 0.15) is 0 Å². The molecular weight excluding hydrogens is 240 g/mol. The summed E-state index contributed by atoms with van der Waals surface area (Å²) in [6.45, 7) is 8.03.